The number of aliphatic hydroxyl groups is 1. The van der Waals surface area contributed by atoms with Crippen LogP contribution in [0.25, 0.3) is 0 Å². The molecule has 4 bridgehead atoms. The number of ether oxygens (including phenoxy) is 1. The lowest BCUT2D eigenvalue weighted by Gasteiger charge is -2.58. The van der Waals surface area contributed by atoms with Crippen LogP contribution < -0.4 is 10.1 Å². The predicted octanol–water partition coefficient (Wildman–Crippen LogP) is 6.49. The van der Waals surface area contributed by atoms with Gasteiger partial charge in [-0.15, -0.1) is 0 Å². The Bertz CT molecular complexity index is 1670. The van der Waals surface area contributed by atoms with Crippen molar-refractivity contribution >= 4 is 40.1 Å². The van der Waals surface area contributed by atoms with Crippen LogP contribution >= 0.6 is 22.6 Å². The van der Waals surface area contributed by atoms with Crippen LogP contribution in [0, 0.1) is 36.9 Å². The second-order valence-corrected chi connectivity index (χ2v) is 15.8. The van der Waals surface area contributed by atoms with Gasteiger partial charge in [-0.2, -0.15) is 0 Å². The van der Waals surface area contributed by atoms with E-state index < -0.39 is 16.4 Å². The molecule has 2 amide bonds. The molecule has 1 heterocycles. The van der Waals surface area contributed by atoms with Crippen LogP contribution in [0.5, 0.6) is 5.75 Å². The number of hydrogen-bond acceptors (Lipinski definition) is 6. The molecular formula is C38H42IN3O6. The summed E-state index contributed by atoms with van der Waals surface area (Å²) < 4.78 is 6.15. The highest BCUT2D eigenvalue weighted by Crippen LogP contribution is 2.62. The Balaban J connectivity index is 1.30. The molecule has 3 aromatic carbocycles. The van der Waals surface area contributed by atoms with Gasteiger partial charge in [0.25, 0.3) is 5.69 Å². The number of nitro groups is 1. The number of methoxy groups -OCH3 is 1. The Labute approximate surface area is 294 Å². The van der Waals surface area contributed by atoms with Crippen molar-refractivity contribution in [2.75, 3.05) is 20.2 Å². The monoisotopic (exact) mass is 763 g/mol. The largest absolute Gasteiger partial charge is 0.497 e. The summed E-state index contributed by atoms with van der Waals surface area (Å²) in [7, 11) is 1.62. The fraction of sp³-hybridized carbons (Fsp3) is 0.474. The standard InChI is InChI=1S/C38H42IN3O6/c1-48-31-9-2-24(3-10-31)12-13-40-36(45)38(29-5-7-30(8-6-29)42(46)47)21-34(44)41(35(38)32-11-4-25(22-43)17-33(32)39)23-37-18-26-14-27(19-37)16-28(15-26)20-37/h2-11,17,26-28,35,43H,12-16,18-23H2,1H3,(H,40,45)/t26?,27?,28?,35-,37?,38-/m1/s1. The molecule has 0 spiro atoms. The number of halogens is 1. The molecule has 10 heteroatoms. The number of nitro benzene ring substituents is 1. The zero-order valence-corrected chi connectivity index (χ0v) is 29.4. The Morgan fingerprint density at radius 3 is 2.19 bits per heavy atom. The maximum atomic E-state index is 14.9. The van der Waals surface area contributed by atoms with Crippen molar-refractivity contribution in [3.05, 3.63) is 103 Å². The van der Waals surface area contributed by atoms with Crippen LogP contribution in [0.3, 0.4) is 0 Å². The molecule has 5 fully saturated rings. The van der Waals surface area contributed by atoms with Gasteiger partial charge in [-0.3, -0.25) is 19.7 Å². The Morgan fingerprint density at radius 1 is 1.00 bits per heavy atom. The molecule has 9 nitrogen and oxygen atoms in total. The SMILES string of the molecule is COc1ccc(CCNC(=O)[C@@]2(c3ccc([N+](=O)[O-])cc3)CC(=O)N(CC34CC5CC(CC(C5)C3)C4)[C@@H]2c2ccc(CO)cc2I)cc1. The Hall–Kier alpha value is -3.51. The van der Waals surface area contributed by atoms with Gasteiger partial charge in [0.1, 0.15) is 11.2 Å². The van der Waals surface area contributed by atoms with Crippen LogP contribution in [0.2, 0.25) is 0 Å². The van der Waals surface area contributed by atoms with E-state index in [2.05, 4.69) is 27.9 Å². The van der Waals surface area contributed by atoms with Crippen molar-refractivity contribution in [1.82, 2.24) is 10.2 Å². The summed E-state index contributed by atoms with van der Waals surface area (Å²) in [5.74, 6) is 2.54. The smallest absolute Gasteiger partial charge is 0.269 e. The molecule has 0 radical (unpaired) electrons. The number of aliphatic hydroxyl groups excluding tert-OH is 1. The number of rotatable bonds is 11. The van der Waals surface area contributed by atoms with Gasteiger partial charge in [0.05, 0.1) is 24.7 Å². The second-order valence-electron chi connectivity index (χ2n) is 14.7. The van der Waals surface area contributed by atoms with Crippen molar-refractivity contribution in [2.45, 2.75) is 69.4 Å². The van der Waals surface area contributed by atoms with E-state index >= 15 is 0 Å². The van der Waals surface area contributed by atoms with Crippen molar-refractivity contribution in [3.8, 4) is 5.75 Å². The lowest BCUT2D eigenvalue weighted by atomic mass is 9.49. The Kier molecular flexibility index (Phi) is 8.99. The second kappa shape index (κ2) is 13.1. The molecular weight excluding hydrogens is 721 g/mol. The number of carbonyl (C=O) groups excluding carboxylic acids is 2. The molecule has 2 atom stereocenters. The van der Waals surface area contributed by atoms with E-state index in [0.29, 0.717) is 42.8 Å². The van der Waals surface area contributed by atoms with Gasteiger partial charge < -0.3 is 20.1 Å². The fourth-order valence-corrected chi connectivity index (χ4v) is 10.8. The number of likely N-dealkylation sites (tertiary alicyclic amines) is 1. The first kappa shape index (κ1) is 33.0. The topological polar surface area (TPSA) is 122 Å². The van der Waals surface area contributed by atoms with Gasteiger partial charge in [-0.1, -0.05) is 36.4 Å². The van der Waals surface area contributed by atoms with Gasteiger partial charge >= 0.3 is 0 Å². The summed E-state index contributed by atoms with van der Waals surface area (Å²) in [6.45, 7) is 0.845. The lowest BCUT2D eigenvalue weighted by molar-refractivity contribution is -0.384. The summed E-state index contributed by atoms with van der Waals surface area (Å²) in [5.41, 5.74) is 1.88. The summed E-state index contributed by atoms with van der Waals surface area (Å²) in [4.78, 5) is 42.6. The molecule has 1 aliphatic heterocycles. The number of benzene rings is 3. The number of nitrogens with zero attached hydrogens (tertiary/aromatic N) is 2. The molecule has 2 N–H and O–H groups in total. The van der Waals surface area contributed by atoms with E-state index in [-0.39, 0.29) is 35.9 Å². The molecule has 8 rings (SSSR count). The summed E-state index contributed by atoms with van der Waals surface area (Å²) in [5, 5.41) is 24.8. The number of amides is 2. The van der Waals surface area contributed by atoms with Crippen LogP contribution in [-0.2, 0) is 28.0 Å². The molecule has 3 aromatic rings. The molecule has 4 aliphatic carbocycles. The van der Waals surface area contributed by atoms with Gasteiger partial charge in [-0.05, 0) is 131 Å². The third-order valence-electron chi connectivity index (χ3n) is 11.6. The quantitative estimate of drug-likeness (QED) is 0.131. The normalized spacial score (nSPS) is 28.9. The molecule has 4 saturated carbocycles. The first-order chi connectivity index (χ1) is 23.1. The van der Waals surface area contributed by atoms with Gasteiger partial charge in [0, 0.05) is 35.2 Å². The van der Waals surface area contributed by atoms with Crippen molar-refractivity contribution in [2.24, 2.45) is 23.2 Å². The minimum absolute atomic E-state index is 0.0337. The van der Waals surface area contributed by atoms with Gasteiger partial charge in [0.15, 0.2) is 0 Å². The van der Waals surface area contributed by atoms with Crippen molar-refractivity contribution in [3.63, 3.8) is 0 Å². The zero-order chi connectivity index (χ0) is 33.6. The van der Waals surface area contributed by atoms with E-state index in [0.717, 1.165) is 45.3 Å². The van der Waals surface area contributed by atoms with Crippen LogP contribution in [0.4, 0.5) is 5.69 Å². The van der Waals surface area contributed by atoms with Crippen LogP contribution in [0.15, 0.2) is 66.7 Å². The highest BCUT2D eigenvalue weighted by atomic mass is 127. The third-order valence-corrected chi connectivity index (χ3v) is 12.5. The maximum absolute atomic E-state index is 14.9. The summed E-state index contributed by atoms with van der Waals surface area (Å²) in [6.07, 6.45) is 7.79. The first-order valence-electron chi connectivity index (χ1n) is 17.0. The lowest BCUT2D eigenvalue weighted by Crippen LogP contribution is -2.53. The van der Waals surface area contributed by atoms with E-state index in [9.17, 15) is 24.8 Å². The number of non-ortho nitro benzene ring substituents is 1. The number of carbonyl (C=O) groups is 2. The molecule has 5 aliphatic rings. The number of hydrogen-bond donors (Lipinski definition) is 2. The average molecular weight is 764 g/mol. The molecule has 48 heavy (non-hydrogen) atoms. The highest BCUT2D eigenvalue weighted by molar-refractivity contribution is 14.1. The highest BCUT2D eigenvalue weighted by Gasteiger charge is 2.61. The van der Waals surface area contributed by atoms with Crippen LogP contribution in [-0.4, -0.2) is 46.9 Å². The van der Waals surface area contributed by atoms with Crippen LogP contribution in [0.1, 0.15) is 73.2 Å². The van der Waals surface area contributed by atoms with E-state index in [1.165, 1.54) is 31.4 Å². The van der Waals surface area contributed by atoms with Gasteiger partial charge in [0.2, 0.25) is 11.8 Å². The maximum Gasteiger partial charge on any atom is 0.269 e. The summed E-state index contributed by atoms with van der Waals surface area (Å²) in [6, 6.07) is 19.0. The average Bonchev–Trinajstić information content (AvgIpc) is 3.35. The van der Waals surface area contributed by atoms with E-state index in [1.54, 1.807) is 19.2 Å². The van der Waals surface area contributed by atoms with Crippen molar-refractivity contribution in [1.29, 1.82) is 0 Å². The van der Waals surface area contributed by atoms with E-state index in [1.807, 2.05) is 47.4 Å². The first-order valence-corrected chi connectivity index (χ1v) is 18.1. The molecule has 252 valence electrons. The van der Waals surface area contributed by atoms with E-state index in [4.69, 9.17) is 4.74 Å². The minimum Gasteiger partial charge on any atom is -0.497 e. The molecule has 0 unspecified atom stereocenters. The predicted molar refractivity (Wildman–Crippen MR) is 189 cm³/mol. The minimum atomic E-state index is -1.32. The summed E-state index contributed by atoms with van der Waals surface area (Å²) >= 11 is 2.26. The molecule has 0 aromatic heterocycles. The third kappa shape index (κ3) is 5.99. The number of nitrogens with one attached hydrogen (secondary N) is 1. The molecule has 1 saturated heterocycles. The van der Waals surface area contributed by atoms with Crippen molar-refractivity contribution < 1.29 is 24.4 Å². The zero-order valence-electron chi connectivity index (χ0n) is 27.2. The fourth-order valence-electron chi connectivity index (χ4n) is 9.94. The van der Waals surface area contributed by atoms with Gasteiger partial charge in [-0.25, -0.2) is 0 Å². The Morgan fingerprint density at radius 2 is 1.62 bits per heavy atom.